The number of nitrogens with two attached hydrogens (primary N) is 1. The summed E-state index contributed by atoms with van der Waals surface area (Å²) >= 11 is 0. The van der Waals surface area contributed by atoms with Gasteiger partial charge in [0.2, 0.25) is 0 Å². The lowest BCUT2D eigenvalue weighted by molar-refractivity contribution is -0.149. The van der Waals surface area contributed by atoms with Crippen molar-refractivity contribution in [1.29, 1.82) is 0 Å². The number of hydrogen-bond donors (Lipinski definition) is 2. The second-order valence-corrected chi connectivity index (χ2v) is 7.47. The second kappa shape index (κ2) is 13.5. The molecule has 0 aliphatic heterocycles. The molecule has 1 rings (SSSR count). The highest BCUT2D eigenvalue weighted by Gasteiger charge is 2.30. The molecule has 3 N–H and O–H groups in total. The summed E-state index contributed by atoms with van der Waals surface area (Å²) in [5.41, 5.74) is 6.39. The summed E-state index contributed by atoms with van der Waals surface area (Å²) in [5, 5.41) is 9.50. The van der Waals surface area contributed by atoms with Crippen LogP contribution in [0.1, 0.15) is 77.7 Å². The van der Waals surface area contributed by atoms with Gasteiger partial charge in [0.15, 0.2) is 11.5 Å². The van der Waals surface area contributed by atoms with Crippen molar-refractivity contribution in [1.82, 2.24) is 0 Å². The largest absolute Gasteiger partial charge is 0.480 e. The van der Waals surface area contributed by atoms with E-state index in [9.17, 15) is 24.3 Å². The number of esters is 3. The molecule has 0 radical (unpaired) electrons. The number of carbonyl (C=O) groups is 4. The first-order valence-corrected chi connectivity index (χ1v) is 10.9. The van der Waals surface area contributed by atoms with Gasteiger partial charge < -0.3 is 25.1 Å². The van der Waals surface area contributed by atoms with Crippen LogP contribution in [0.3, 0.4) is 0 Å². The van der Waals surface area contributed by atoms with Gasteiger partial charge in [0.1, 0.15) is 6.04 Å². The fourth-order valence-electron chi connectivity index (χ4n) is 2.98. The summed E-state index contributed by atoms with van der Waals surface area (Å²) in [6.45, 7) is 6.87. The summed E-state index contributed by atoms with van der Waals surface area (Å²) in [6.07, 6.45) is 1.60. The van der Waals surface area contributed by atoms with Crippen LogP contribution in [0.25, 0.3) is 0 Å². The number of carbonyl (C=O) groups excluding carboxylic acids is 3. The van der Waals surface area contributed by atoms with Crippen molar-refractivity contribution in [3.63, 3.8) is 0 Å². The number of hydrogen-bond acceptors (Lipinski definition) is 8. The van der Waals surface area contributed by atoms with E-state index in [2.05, 4.69) is 0 Å². The molecule has 2 unspecified atom stereocenters. The highest BCUT2D eigenvalue weighted by Crippen LogP contribution is 2.35. The summed E-state index contributed by atoms with van der Waals surface area (Å²) in [6, 6.07) is 3.12. The monoisotopic (exact) mass is 451 g/mol. The standard InChI is InChI=1S/C23H33NO8/c1-5-8-9-21(27)30-14(4)12-16(22(24)23(28)29)15-10-11-17(31-19(25)6-2)18(13-15)32-20(26)7-3/h10-11,13-14,16,22H,5-9,12,24H2,1-4H3,(H,28,29)/t14?,16?,22-/m0/s1. The van der Waals surface area contributed by atoms with Crippen molar-refractivity contribution in [3.05, 3.63) is 23.8 Å². The molecule has 0 aliphatic rings. The third-order valence-corrected chi connectivity index (χ3v) is 4.79. The molecule has 0 amide bonds. The van der Waals surface area contributed by atoms with Crippen LogP contribution in [0.2, 0.25) is 0 Å². The first-order chi connectivity index (χ1) is 15.1. The van der Waals surface area contributed by atoms with Crippen molar-refractivity contribution in [3.8, 4) is 11.5 Å². The molecule has 178 valence electrons. The van der Waals surface area contributed by atoms with Gasteiger partial charge in [0, 0.05) is 25.2 Å². The van der Waals surface area contributed by atoms with E-state index in [1.54, 1.807) is 26.8 Å². The van der Waals surface area contributed by atoms with Crippen LogP contribution in [-0.2, 0) is 23.9 Å². The Morgan fingerprint density at radius 2 is 1.56 bits per heavy atom. The van der Waals surface area contributed by atoms with Crippen molar-refractivity contribution in [2.45, 2.75) is 84.3 Å². The Labute approximate surface area is 188 Å². The summed E-state index contributed by atoms with van der Waals surface area (Å²) in [5.74, 6) is -3.37. The maximum Gasteiger partial charge on any atom is 0.321 e. The third kappa shape index (κ3) is 8.66. The van der Waals surface area contributed by atoms with E-state index in [0.717, 1.165) is 6.42 Å². The quantitative estimate of drug-likeness (QED) is 0.341. The SMILES string of the molecule is CCCCC(=O)OC(C)CC(c1ccc(OC(=O)CC)c(OC(=O)CC)c1)[C@H](N)C(=O)O. The summed E-state index contributed by atoms with van der Waals surface area (Å²) < 4.78 is 15.9. The molecule has 32 heavy (non-hydrogen) atoms. The van der Waals surface area contributed by atoms with Gasteiger partial charge in [-0.2, -0.15) is 0 Å². The maximum atomic E-state index is 11.9. The van der Waals surface area contributed by atoms with Crippen molar-refractivity contribution in [2.75, 3.05) is 0 Å². The number of rotatable bonds is 13. The minimum atomic E-state index is -1.30. The van der Waals surface area contributed by atoms with Crippen LogP contribution in [0.5, 0.6) is 11.5 Å². The van der Waals surface area contributed by atoms with Gasteiger partial charge in [0.05, 0.1) is 6.10 Å². The minimum Gasteiger partial charge on any atom is -0.480 e. The first-order valence-electron chi connectivity index (χ1n) is 10.9. The van der Waals surface area contributed by atoms with Crippen molar-refractivity contribution >= 4 is 23.9 Å². The van der Waals surface area contributed by atoms with E-state index in [1.165, 1.54) is 12.1 Å². The zero-order valence-electron chi connectivity index (χ0n) is 19.1. The third-order valence-electron chi connectivity index (χ3n) is 4.79. The fraction of sp³-hybridized carbons (Fsp3) is 0.565. The Hall–Kier alpha value is -2.94. The molecule has 0 aliphatic carbocycles. The Balaban J connectivity index is 3.23. The predicted octanol–water partition coefficient (Wildman–Crippen LogP) is 3.32. The molecule has 0 saturated carbocycles. The zero-order chi connectivity index (χ0) is 24.3. The number of unbranched alkanes of at least 4 members (excludes halogenated alkanes) is 1. The van der Waals surface area contributed by atoms with E-state index in [0.29, 0.717) is 12.0 Å². The van der Waals surface area contributed by atoms with Crippen LogP contribution in [0, 0.1) is 0 Å². The molecule has 1 aromatic rings. The van der Waals surface area contributed by atoms with E-state index >= 15 is 0 Å². The fourth-order valence-corrected chi connectivity index (χ4v) is 2.98. The molecule has 0 fully saturated rings. The lowest BCUT2D eigenvalue weighted by Gasteiger charge is -2.25. The first kappa shape index (κ1) is 27.1. The van der Waals surface area contributed by atoms with Gasteiger partial charge in [-0.15, -0.1) is 0 Å². The molecule has 1 aromatic carbocycles. The van der Waals surface area contributed by atoms with Gasteiger partial charge in [-0.25, -0.2) is 0 Å². The Bertz CT molecular complexity index is 807. The van der Waals surface area contributed by atoms with Gasteiger partial charge in [0.25, 0.3) is 0 Å². The molecule has 0 heterocycles. The number of benzene rings is 1. The lowest BCUT2D eigenvalue weighted by atomic mass is 9.87. The highest BCUT2D eigenvalue weighted by molar-refractivity contribution is 5.77. The number of aliphatic carboxylic acids is 1. The van der Waals surface area contributed by atoms with Crippen LogP contribution in [0.4, 0.5) is 0 Å². The van der Waals surface area contributed by atoms with E-state index < -0.39 is 36.0 Å². The number of carboxylic acids is 1. The summed E-state index contributed by atoms with van der Waals surface area (Å²) in [4.78, 5) is 47.2. The van der Waals surface area contributed by atoms with E-state index in [-0.39, 0.29) is 43.2 Å². The smallest absolute Gasteiger partial charge is 0.321 e. The number of ether oxygens (including phenoxy) is 3. The molecule has 0 bridgehead atoms. The molecule has 9 nitrogen and oxygen atoms in total. The predicted molar refractivity (Wildman–Crippen MR) is 116 cm³/mol. The molecule has 3 atom stereocenters. The van der Waals surface area contributed by atoms with Crippen LogP contribution in [-0.4, -0.2) is 41.1 Å². The average molecular weight is 452 g/mol. The highest BCUT2D eigenvalue weighted by atomic mass is 16.6. The van der Waals surface area contributed by atoms with E-state index in [1.807, 2.05) is 6.92 Å². The van der Waals surface area contributed by atoms with Crippen molar-refractivity contribution in [2.24, 2.45) is 5.73 Å². The second-order valence-electron chi connectivity index (χ2n) is 7.47. The van der Waals surface area contributed by atoms with Gasteiger partial charge in [-0.05, 0) is 37.5 Å². The topological polar surface area (TPSA) is 142 Å². The molecule has 0 aromatic heterocycles. The lowest BCUT2D eigenvalue weighted by Crippen LogP contribution is -2.38. The minimum absolute atomic E-state index is 0.00803. The normalized spacial score (nSPS) is 13.5. The molecular weight excluding hydrogens is 418 g/mol. The molecule has 0 spiro atoms. The Morgan fingerprint density at radius 1 is 0.969 bits per heavy atom. The molecular formula is C23H33NO8. The summed E-state index contributed by atoms with van der Waals surface area (Å²) in [7, 11) is 0. The zero-order valence-corrected chi connectivity index (χ0v) is 19.1. The van der Waals surface area contributed by atoms with Crippen LogP contribution in [0.15, 0.2) is 18.2 Å². The van der Waals surface area contributed by atoms with Gasteiger partial charge in [-0.1, -0.05) is 33.3 Å². The van der Waals surface area contributed by atoms with Gasteiger partial charge in [-0.3, -0.25) is 19.2 Å². The Kier molecular flexibility index (Phi) is 11.4. The number of carboxylic acid groups (broad SMARTS) is 1. The van der Waals surface area contributed by atoms with Crippen LogP contribution >= 0.6 is 0 Å². The average Bonchev–Trinajstić information content (AvgIpc) is 2.76. The van der Waals surface area contributed by atoms with Crippen LogP contribution < -0.4 is 15.2 Å². The Morgan fingerprint density at radius 3 is 2.09 bits per heavy atom. The van der Waals surface area contributed by atoms with Gasteiger partial charge >= 0.3 is 23.9 Å². The molecule has 9 heteroatoms. The van der Waals surface area contributed by atoms with Crippen molar-refractivity contribution < 1.29 is 38.5 Å². The maximum absolute atomic E-state index is 11.9. The molecule has 0 saturated heterocycles. The van der Waals surface area contributed by atoms with E-state index in [4.69, 9.17) is 19.9 Å².